The number of ether oxygens (including phenoxy) is 1. The van der Waals surface area contributed by atoms with Crippen molar-refractivity contribution in [3.05, 3.63) is 53.7 Å². The molecule has 31 heavy (non-hydrogen) atoms. The highest BCUT2D eigenvalue weighted by atomic mass is 32.2. The second kappa shape index (κ2) is 8.98. The van der Waals surface area contributed by atoms with Gasteiger partial charge in [-0.15, -0.1) is 11.3 Å². The molecule has 3 aromatic rings. The highest BCUT2D eigenvalue weighted by Crippen LogP contribution is 2.30. The molecule has 0 saturated heterocycles. The highest BCUT2D eigenvalue weighted by molar-refractivity contribution is 7.93. The number of hydrogen-bond donors (Lipinski definition) is 2. The Morgan fingerprint density at radius 2 is 2.06 bits per heavy atom. The van der Waals surface area contributed by atoms with Gasteiger partial charge in [0.15, 0.2) is 5.01 Å². The van der Waals surface area contributed by atoms with Gasteiger partial charge in [0.25, 0.3) is 5.91 Å². The fraction of sp³-hybridized carbons (Fsp3) is 0.300. The van der Waals surface area contributed by atoms with Gasteiger partial charge in [0, 0.05) is 24.2 Å². The summed E-state index contributed by atoms with van der Waals surface area (Å²) in [5.41, 5.74) is 1.79. The summed E-state index contributed by atoms with van der Waals surface area (Å²) >= 11 is 1.25. The van der Waals surface area contributed by atoms with Crippen molar-refractivity contribution in [2.24, 2.45) is 0 Å². The molecule has 0 aromatic carbocycles. The molecule has 4 rings (SSSR count). The zero-order chi connectivity index (χ0) is 21.8. The van der Waals surface area contributed by atoms with Crippen LogP contribution in [0.2, 0.25) is 0 Å². The van der Waals surface area contributed by atoms with Crippen molar-refractivity contribution in [2.75, 3.05) is 11.3 Å². The van der Waals surface area contributed by atoms with Crippen molar-refractivity contribution in [1.82, 2.24) is 20.3 Å². The van der Waals surface area contributed by atoms with Crippen LogP contribution in [-0.2, 0) is 16.6 Å². The van der Waals surface area contributed by atoms with Crippen LogP contribution in [0, 0.1) is 0 Å². The van der Waals surface area contributed by atoms with Gasteiger partial charge < -0.3 is 10.1 Å². The van der Waals surface area contributed by atoms with Crippen LogP contribution in [-0.4, -0.2) is 41.1 Å². The van der Waals surface area contributed by atoms with Gasteiger partial charge in [-0.05, 0) is 38.0 Å². The molecular weight excluding hydrogens is 438 g/mol. The average molecular weight is 460 g/mol. The molecule has 1 fully saturated rings. The summed E-state index contributed by atoms with van der Waals surface area (Å²) in [4.78, 5) is 25.8. The first-order valence-electron chi connectivity index (χ1n) is 9.73. The van der Waals surface area contributed by atoms with E-state index < -0.39 is 10.0 Å². The number of sulfonamides is 1. The number of aromatic nitrogens is 3. The number of carbonyl (C=O) groups is 1. The standard InChI is InChI=1S/C20H21N5O4S2/c1-2-29-16-7-13(9-21-11-16)18-12-24-20(30-18)19(26)23-10-15-8-14(5-6-22-15)25-31(27,28)17-3-4-17/h5-9,11-12,17H,2-4,10H2,1H3,(H,22,25)(H,23,26). The number of nitrogens with one attached hydrogen (secondary N) is 2. The fourth-order valence-corrected chi connectivity index (χ4v) is 5.01. The van der Waals surface area contributed by atoms with E-state index in [0.717, 1.165) is 10.4 Å². The number of thiazole rings is 1. The van der Waals surface area contributed by atoms with Crippen molar-refractivity contribution >= 4 is 33.0 Å². The molecule has 1 aliphatic carbocycles. The SMILES string of the molecule is CCOc1cncc(-c2cnc(C(=O)NCc3cc(NS(=O)(=O)C4CC4)ccn3)s2)c1. The monoisotopic (exact) mass is 459 g/mol. The van der Waals surface area contributed by atoms with Crippen LogP contribution >= 0.6 is 11.3 Å². The Morgan fingerprint density at radius 3 is 2.84 bits per heavy atom. The lowest BCUT2D eigenvalue weighted by atomic mass is 10.2. The summed E-state index contributed by atoms with van der Waals surface area (Å²) in [7, 11) is -3.35. The van der Waals surface area contributed by atoms with Crippen molar-refractivity contribution in [3.8, 4) is 16.2 Å². The van der Waals surface area contributed by atoms with E-state index in [9.17, 15) is 13.2 Å². The summed E-state index contributed by atoms with van der Waals surface area (Å²) in [6, 6.07) is 5.05. The maximum absolute atomic E-state index is 12.5. The molecule has 162 valence electrons. The van der Waals surface area contributed by atoms with Crippen LogP contribution in [0.4, 0.5) is 5.69 Å². The van der Waals surface area contributed by atoms with Gasteiger partial charge in [-0.3, -0.25) is 19.5 Å². The van der Waals surface area contributed by atoms with Crippen molar-refractivity contribution in [3.63, 3.8) is 0 Å². The molecule has 0 aliphatic heterocycles. The number of hydrogen-bond acceptors (Lipinski definition) is 8. The van der Waals surface area contributed by atoms with E-state index in [1.807, 2.05) is 13.0 Å². The molecule has 1 amide bonds. The van der Waals surface area contributed by atoms with E-state index in [0.29, 0.717) is 41.6 Å². The topological polar surface area (TPSA) is 123 Å². The maximum Gasteiger partial charge on any atom is 0.280 e. The number of rotatable bonds is 9. The minimum absolute atomic E-state index is 0.147. The number of amides is 1. The normalized spacial score (nSPS) is 13.6. The lowest BCUT2D eigenvalue weighted by Crippen LogP contribution is -2.23. The van der Waals surface area contributed by atoms with E-state index in [1.54, 1.807) is 30.7 Å². The maximum atomic E-state index is 12.5. The lowest BCUT2D eigenvalue weighted by molar-refractivity contribution is 0.0950. The molecule has 1 saturated carbocycles. The van der Waals surface area contributed by atoms with Gasteiger partial charge in [-0.1, -0.05) is 0 Å². The number of nitrogens with zero attached hydrogens (tertiary/aromatic N) is 3. The summed E-state index contributed by atoms with van der Waals surface area (Å²) in [5, 5.41) is 2.76. The van der Waals surface area contributed by atoms with E-state index in [2.05, 4.69) is 25.0 Å². The molecular formula is C20H21N5O4S2. The van der Waals surface area contributed by atoms with Gasteiger partial charge in [0.2, 0.25) is 10.0 Å². The summed E-state index contributed by atoms with van der Waals surface area (Å²) in [5.74, 6) is 0.318. The summed E-state index contributed by atoms with van der Waals surface area (Å²) in [6.45, 7) is 2.58. The van der Waals surface area contributed by atoms with Crippen LogP contribution in [0.5, 0.6) is 5.75 Å². The Kier molecular flexibility index (Phi) is 6.14. The third kappa shape index (κ3) is 5.36. The molecule has 3 aromatic heterocycles. The van der Waals surface area contributed by atoms with Crippen molar-refractivity contribution in [1.29, 1.82) is 0 Å². The second-order valence-electron chi connectivity index (χ2n) is 6.94. The predicted octanol–water partition coefficient (Wildman–Crippen LogP) is 2.83. The van der Waals surface area contributed by atoms with Crippen LogP contribution in [0.3, 0.4) is 0 Å². The average Bonchev–Trinajstić information content (AvgIpc) is 3.51. The molecule has 0 unspecified atom stereocenters. The molecule has 3 heterocycles. The van der Waals surface area contributed by atoms with Gasteiger partial charge >= 0.3 is 0 Å². The van der Waals surface area contributed by atoms with E-state index >= 15 is 0 Å². The Hall–Kier alpha value is -3.05. The smallest absolute Gasteiger partial charge is 0.280 e. The first-order valence-corrected chi connectivity index (χ1v) is 12.1. The van der Waals surface area contributed by atoms with E-state index in [4.69, 9.17) is 4.74 Å². The molecule has 0 radical (unpaired) electrons. The highest BCUT2D eigenvalue weighted by Gasteiger charge is 2.35. The van der Waals surface area contributed by atoms with Gasteiger partial charge in [0.05, 0.1) is 40.9 Å². The first kappa shape index (κ1) is 21.2. The molecule has 11 heteroatoms. The molecule has 0 bridgehead atoms. The Morgan fingerprint density at radius 1 is 1.23 bits per heavy atom. The third-order valence-corrected chi connectivity index (χ3v) is 7.39. The van der Waals surface area contributed by atoms with Crippen molar-refractivity contribution in [2.45, 2.75) is 31.6 Å². The Balaban J connectivity index is 1.38. The van der Waals surface area contributed by atoms with Crippen molar-refractivity contribution < 1.29 is 17.9 Å². The quantitative estimate of drug-likeness (QED) is 0.504. The number of anilines is 1. The summed E-state index contributed by atoms with van der Waals surface area (Å²) < 4.78 is 32.2. The Labute approximate surface area is 184 Å². The predicted molar refractivity (Wildman–Crippen MR) is 117 cm³/mol. The Bertz CT molecular complexity index is 1190. The molecule has 0 atom stereocenters. The van der Waals surface area contributed by atoms with Crippen LogP contribution < -0.4 is 14.8 Å². The molecule has 1 aliphatic rings. The largest absolute Gasteiger partial charge is 0.492 e. The minimum atomic E-state index is -3.35. The molecule has 9 nitrogen and oxygen atoms in total. The third-order valence-electron chi connectivity index (χ3n) is 4.48. The minimum Gasteiger partial charge on any atom is -0.492 e. The fourth-order valence-electron chi connectivity index (χ4n) is 2.82. The number of pyridine rings is 2. The van der Waals surface area contributed by atoms with Gasteiger partial charge in [0.1, 0.15) is 5.75 Å². The van der Waals surface area contributed by atoms with E-state index in [1.165, 1.54) is 17.5 Å². The second-order valence-corrected chi connectivity index (χ2v) is 9.93. The lowest BCUT2D eigenvalue weighted by Gasteiger charge is -2.08. The summed E-state index contributed by atoms with van der Waals surface area (Å²) in [6.07, 6.45) is 7.82. The van der Waals surface area contributed by atoms with Crippen LogP contribution in [0.25, 0.3) is 10.4 Å². The first-order chi connectivity index (χ1) is 14.9. The number of carbonyl (C=O) groups excluding carboxylic acids is 1. The van der Waals surface area contributed by atoms with E-state index in [-0.39, 0.29) is 17.7 Å². The molecule has 0 spiro atoms. The van der Waals surface area contributed by atoms with Gasteiger partial charge in [-0.25, -0.2) is 13.4 Å². The van der Waals surface area contributed by atoms with Crippen LogP contribution in [0.1, 0.15) is 35.3 Å². The van der Waals surface area contributed by atoms with Gasteiger partial charge in [-0.2, -0.15) is 0 Å². The molecule has 2 N–H and O–H groups in total. The zero-order valence-electron chi connectivity index (χ0n) is 16.7. The zero-order valence-corrected chi connectivity index (χ0v) is 18.4. The van der Waals surface area contributed by atoms with Crippen LogP contribution in [0.15, 0.2) is 43.0 Å².